The van der Waals surface area contributed by atoms with Gasteiger partial charge in [-0.15, -0.1) is 0 Å². The summed E-state index contributed by atoms with van der Waals surface area (Å²) in [6.45, 7) is 1.52. The number of hydrogen-bond acceptors (Lipinski definition) is 3. The molecule has 1 atom stereocenters. The molecule has 0 aromatic carbocycles. The third kappa shape index (κ3) is 2.51. The number of rotatable bonds is 3. The predicted octanol–water partition coefficient (Wildman–Crippen LogP) is 1.18. The van der Waals surface area contributed by atoms with Crippen molar-refractivity contribution in [2.24, 2.45) is 5.73 Å². The molecule has 4 nitrogen and oxygen atoms in total. The highest BCUT2D eigenvalue weighted by Gasteiger charge is 2.28. The lowest BCUT2D eigenvalue weighted by Gasteiger charge is -2.21. The van der Waals surface area contributed by atoms with E-state index in [1.165, 1.54) is 0 Å². The minimum Gasteiger partial charge on any atom is -0.368 e. The minimum atomic E-state index is -0.250. The van der Waals surface area contributed by atoms with Crippen LogP contribution < -0.4 is 5.73 Å². The number of primary amides is 1. The molecular weight excluding hydrogens is 226 g/mol. The predicted molar refractivity (Wildman–Crippen MR) is 61.9 cm³/mol. The van der Waals surface area contributed by atoms with Gasteiger partial charge in [-0.2, -0.15) is 0 Å². The standard InChI is InChI=1S/C11H14ClN3O/c12-10-5-1-3-8(14-10)7-15-6-2-4-9(15)11(13)16/h1,3,5,9H,2,4,6-7H2,(H2,13,16). The van der Waals surface area contributed by atoms with Crippen LogP contribution in [0.1, 0.15) is 18.5 Å². The Kier molecular flexibility index (Phi) is 3.41. The van der Waals surface area contributed by atoms with Gasteiger partial charge >= 0.3 is 0 Å². The van der Waals surface area contributed by atoms with E-state index in [0.717, 1.165) is 25.1 Å². The summed E-state index contributed by atoms with van der Waals surface area (Å²) in [5, 5.41) is 0.479. The van der Waals surface area contributed by atoms with Gasteiger partial charge in [0.1, 0.15) is 5.15 Å². The van der Waals surface area contributed by atoms with Gasteiger partial charge in [-0.05, 0) is 31.5 Å². The van der Waals surface area contributed by atoms with Gasteiger partial charge in [-0.1, -0.05) is 17.7 Å². The second-order valence-corrected chi connectivity index (χ2v) is 4.37. The molecule has 86 valence electrons. The highest BCUT2D eigenvalue weighted by molar-refractivity contribution is 6.29. The number of halogens is 1. The molecule has 0 spiro atoms. The van der Waals surface area contributed by atoms with E-state index in [1.807, 2.05) is 12.1 Å². The second-order valence-electron chi connectivity index (χ2n) is 3.98. The zero-order valence-electron chi connectivity index (χ0n) is 8.90. The van der Waals surface area contributed by atoms with Gasteiger partial charge in [0.05, 0.1) is 11.7 Å². The van der Waals surface area contributed by atoms with Crippen molar-refractivity contribution in [1.82, 2.24) is 9.88 Å². The van der Waals surface area contributed by atoms with Gasteiger partial charge in [0.25, 0.3) is 0 Å². The van der Waals surface area contributed by atoms with Crippen molar-refractivity contribution < 1.29 is 4.79 Å². The van der Waals surface area contributed by atoms with E-state index in [9.17, 15) is 4.79 Å². The highest BCUT2D eigenvalue weighted by atomic mass is 35.5. The molecule has 0 saturated carbocycles. The smallest absolute Gasteiger partial charge is 0.234 e. The normalized spacial score (nSPS) is 21.2. The summed E-state index contributed by atoms with van der Waals surface area (Å²) in [5.74, 6) is -0.250. The Labute approximate surface area is 99.4 Å². The quantitative estimate of drug-likeness (QED) is 0.806. The summed E-state index contributed by atoms with van der Waals surface area (Å²) in [6, 6.07) is 5.35. The van der Waals surface area contributed by atoms with Gasteiger partial charge in [-0.25, -0.2) is 4.98 Å². The highest BCUT2D eigenvalue weighted by Crippen LogP contribution is 2.19. The number of nitrogens with two attached hydrogens (primary N) is 1. The fourth-order valence-corrected chi connectivity index (χ4v) is 2.27. The maximum absolute atomic E-state index is 11.2. The number of hydrogen-bond donors (Lipinski definition) is 1. The molecule has 1 unspecified atom stereocenters. The monoisotopic (exact) mass is 239 g/mol. The Balaban J connectivity index is 2.06. The van der Waals surface area contributed by atoms with E-state index in [1.54, 1.807) is 6.07 Å². The van der Waals surface area contributed by atoms with Crippen LogP contribution in [0.25, 0.3) is 0 Å². The molecule has 5 heteroatoms. The molecule has 0 aliphatic carbocycles. The number of pyridine rings is 1. The van der Waals surface area contributed by atoms with Crippen molar-refractivity contribution in [2.75, 3.05) is 6.54 Å². The molecule has 1 fully saturated rings. The number of likely N-dealkylation sites (tertiary alicyclic amines) is 1. The Bertz CT molecular complexity index is 397. The first-order chi connectivity index (χ1) is 7.66. The summed E-state index contributed by atoms with van der Waals surface area (Å²) in [6.07, 6.45) is 1.85. The van der Waals surface area contributed by atoms with Crippen LogP contribution in [0.3, 0.4) is 0 Å². The number of aromatic nitrogens is 1. The molecule has 1 saturated heterocycles. The molecule has 1 aromatic heterocycles. The topological polar surface area (TPSA) is 59.2 Å². The molecule has 1 aliphatic rings. The molecule has 1 aromatic rings. The lowest BCUT2D eigenvalue weighted by molar-refractivity contribution is -0.122. The van der Waals surface area contributed by atoms with E-state index in [4.69, 9.17) is 17.3 Å². The van der Waals surface area contributed by atoms with Crippen molar-refractivity contribution >= 4 is 17.5 Å². The molecule has 16 heavy (non-hydrogen) atoms. The van der Waals surface area contributed by atoms with Crippen LogP contribution in [0.15, 0.2) is 18.2 Å². The van der Waals surface area contributed by atoms with Crippen molar-refractivity contribution in [3.05, 3.63) is 29.0 Å². The SMILES string of the molecule is NC(=O)C1CCCN1Cc1cccc(Cl)n1. The molecule has 1 amide bonds. The van der Waals surface area contributed by atoms with Gasteiger partial charge in [-0.3, -0.25) is 9.69 Å². The minimum absolute atomic E-state index is 0.152. The summed E-state index contributed by atoms with van der Waals surface area (Å²) in [4.78, 5) is 17.5. The second kappa shape index (κ2) is 4.80. The Morgan fingerprint density at radius 2 is 2.44 bits per heavy atom. The lowest BCUT2D eigenvalue weighted by atomic mass is 10.2. The van der Waals surface area contributed by atoms with E-state index in [0.29, 0.717) is 11.7 Å². The summed E-state index contributed by atoms with van der Waals surface area (Å²) in [5.41, 5.74) is 6.22. The largest absolute Gasteiger partial charge is 0.368 e. The van der Waals surface area contributed by atoms with Gasteiger partial charge < -0.3 is 5.73 Å². The summed E-state index contributed by atoms with van der Waals surface area (Å²) in [7, 11) is 0. The maximum Gasteiger partial charge on any atom is 0.234 e. The first-order valence-electron chi connectivity index (χ1n) is 5.31. The zero-order chi connectivity index (χ0) is 11.5. The third-order valence-corrected chi connectivity index (χ3v) is 3.04. The average Bonchev–Trinajstić information content (AvgIpc) is 2.66. The van der Waals surface area contributed by atoms with E-state index >= 15 is 0 Å². The van der Waals surface area contributed by atoms with E-state index in [2.05, 4.69) is 9.88 Å². The Morgan fingerprint density at radius 1 is 1.62 bits per heavy atom. The van der Waals surface area contributed by atoms with Crippen LogP contribution in [0, 0.1) is 0 Å². The van der Waals surface area contributed by atoms with Crippen LogP contribution in [-0.4, -0.2) is 28.4 Å². The molecule has 2 rings (SSSR count). The third-order valence-electron chi connectivity index (χ3n) is 2.83. The summed E-state index contributed by atoms with van der Waals surface area (Å²) >= 11 is 5.81. The van der Waals surface area contributed by atoms with Crippen molar-refractivity contribution in [1.29, 1.82) is 0 Å². The average molecular weight is 240 g/mol. The van der Waals surface area contributed by atoms with Crippen LogP contribution in [0.5, 0.6) is 0 Å². The Hall–Kier alpha value is -1.13. The van der Waals surface area contributed by atoms with E-state index in [-0.39, 0.29) is 11.9 Å². The molecule has 2 N–H and O–H groups in total. The zero-order valence-corrected chi connectivity index (χ0v) is 9.65. The molecule has 0 bridgehead atoms. The fourth-order valence-electron chi connectivity index (χ4n) is 2.08. The van der Waals surface area contributed by atoms with Crippen molar-refractivity contribution in [3.63, 3.8) is 0 Å². The molecular formula is C11H14ClN3O. The molecule has 0 radical (unpaired) electrons. The van der Waals surface area contributed by atoms with Crippen LogP contribution in [0.4, 0.5) is 0 Å². The Morgan fingerprint density at radius 3 is 3.12 bits per heavy atom. The van der Waals surface area contributed by atoms with Crippen LogP contribution in [0.2, 0.25) is 5.15 Å². The van der Waals surface area contributed by atoms with Crippen molar-refractivity contribution in [3.8, 4) is 0 Å². The maximum atomic E-state index is 11.2. The fraction of sp³-hybridized carbons (Fsp3) is 0.455. The van der Waals surface area contributed by atoms with Gasteiger partial charge in [0.15, 0.2) is 0 Å². The molecule has 1 aliphatic heterocycles. The first-order valence-corrected chi connectivity index (χ1v) is 5.69. The summed E-state index contributed by atoms with van der Waals surface area (Å²) < 4.78 is 0. The van der Waals surface area contributed by atoms with Crippen LogP contribution >= 0.6 is 11.6 Å². The van der Waals surface area contributed by atoms with Crippen molar-refractivity contribution in [2.45, 2.75) is 25.4 Å². The van der Waals surface area contributed by atoms with E-state index < -0.39 is 0 Å². The van der Waals surface area contributed by atoms with Crippen LogP contribution in [-0.2, 0) is 11.3 Å². The lowest BCUT2D eigenvalue weighted by Crippen LogP contribution is -2.39. The molecule has 2 heterocycles. The number of nitrogens with zero attached hydrogens (tertiary/aromatic N) is 2. The number of amides is 1. The van der Waals surface area contributed by atoms with Gasteiger partial charge in [0, 0.05) is 6.54 Å². The van der Waals surface area contributed by atoms with Gasteiger partial charge in [0.2, 0.25) is 5.91 Å². The first kappa shape index (κ1) is 11.4. The number of carbonyl (C=O) groups is 1. The number of carbonyl (C=O) groups excluding carboxylic acids is 1.